The fourth-order valence-corrected chi connectivity index (χ4v) is 7.26. The molecule has 3 amide bonds. The van der Waals surface area contributed by atoms with E-state index in [1.807, 2.05) is 66.1 Å². The van der Waals surface area contributed by atoms with Gasteiger partial charge in [0.05, 0.1) is 0 Å². The monoisotopic (exact) mass is 685 g/mol. The average Bonchev–Trinajstić information content (AvgIpc) is 3.80. The maximum Gasteiger partial charge on any atom is 0.246 e. The minimum atomic E-state index is -0.824. The van der Waals surface area contributed by atoms with Crippen LogP contribution in [-0.2, 0) is 27.2 Å². The van der Waals surface area contributed by atoms with Gasteiger partial charge < -0.3 is 25.8 Å². The van der Waals surface area contributed by atoms with E-state index in [0.29, 0.717) is 31.8 Å². The van der Waals surface area contributed by atoms with Crippen molar-refractivity contribution >= 4 is 29.1 Å². The van der Waals surface area contributed by atoms with E-state index >= 15 is 0 Å². The number of carbonyl (C=O) groups is 3. The molecule has 264 valence electrons. The number of nitrogens with zero attached hydrogens (tertiary/aromatic N) is 3. The van der Waals surface area contributed by atoms with Crippen LogP contribution in [0.1, 0.15) is 62.8 Å². The topological polar surface area (TPSA) is 99.0 Å². The summed E-state index contributed by atoms with van der Waals surface area (Å²) in [5.41, 5.74) is 9.21. The van der Waals surface area contributed by atoms with Crippen molar-refractivity contribution in [1.82, 2.24) is 20.0 Å². The van der Waals surface area contributed by atoms with E-state index in [4.69, 9.17) is 5.73 Å². The summed E-state index contributed by atoms with van der Waals surface area (Å²) in [7, 11) is 5.49. The highest BCUT2D eigenvalue weighted by atomic mass is 32.1. The third-order valence-corrected chi connectivity index (χ3v) is 11.2. The predicted octanol–water partition coefficient (Wildman–Crippen LogP) is 5.92. The van der Waals surface area contributed by atoms with Gasteiger partial charge >= 0.3 is 0 Å². The third-order valence-electron chi connectivity index (χ3n) is 10.3. The Kier molecular flexibility index (Phi) is 14.2. The maximum atomic E-state index is 14.5. The van der Waals surface area contributed by atoms with E-state index in [0.717, 1.165) is 53.8 Å². The van der Waals surface area contributed by atoms with Crippen molar-refractivity contribution in [2.24, 2.45) is 5.73 Å². The van der Waals surface area contributed by atoms with Gasteiger partial charge in [-0.1, -0.05) is 80.6 Å². The van der Waals surface area contributed by atoms with Gasteiger partial charge in [-0.15, -0.1) is 11.3 Å². The molecular formula is C40H55N5O3S. The number of likely N-dealkylation sites (N-methyl/N-ethyl adjacent to an activating group) is 2. The van der Waals surface area contributed by atoms with Gasteiger partial charge in [-0.2, -0.15) is 0 Å². The summed E-state index contributed by atoms with van der Waals surface area (Å²) in [5, 5.41) is 5.12. The minimum absolute atomic E-state index is 0.178. The van der Waals surface area contributed by atoms with E-state index in [1.165, 1.54) is 17.4 Å². The Morgan fingerprint density at radius 2 is 1.65 bits per heavy atom. The number of likely N-dealkylation sites (tertiary alicyclic amines) is 1. The van der Waals surface area contributed by atoms with Gasteiger partial charge in [0.1, 0.15) is 12.1 Å². The van der Waals surface area contributed by atoms with Crippen molar-refractivity contribution in [2.75, 3.05) is 34.2 Å². The van der Waals surface area contributed by atoms with Crippen LogP contribution in [0.4, 0.5) is 0 Å². The zero-order valence-corrected chi connectivity index (χ0v) is 30.8. The average molecular weight is 686 g/mol. The van der Waals surface area contributed by atoms with Crippen molar-refractivity contribution in [3.05, 3.63) is 94.7 Å². The highest BCUT2D eigenvalue weighted by molar-refractivity contribution is 7.09. The van der Waals surface area contributed by atoms with Crippen LogP contribution in [-0.4, -0.2) is 90.3 Å². The molecule has 0 aliphatic carbocycles. The molecule has 0 radical (unpaired) electrons. The number of carbonyl (C=O) groups excluding carboxylic acids is 3. The van der Waals surface area contributed by atoms with Crippen molar-refractivity contribution in [1.29, 1.82) is 0 Å². The molecule has 3 aromatic rings. The van der Waals surface area contributed by atoms with E-state index in [9.17, 15) is 14.4 Å². The van der Waals surface area contributed by atoms with Gasteiger partial charge in [-0.05, 0) is 86.3 Å². The van der Waals surface area contributed by atoms with Gasteiger partial charge in [-0.25, -0.2) is 0 Å². The number of nitrogens with one attached hydrogen (secondary N) is 1. The molecule has 1 unspecified atom stereocenters. The summed E-state index contributed by atoms with van der Waals surface area (Å²) >= 11 is 1.57. The van der Waals surface area contributed by atoms with Crippen molar-refractivity contribution < 1.29 is 14.4 Å². The van der Waals surface area contributed by atoms with Crippen LogP contribution in [0.5, 0.6) is 0 Å². The number of hydrogen-bond acceptors (Lipinski definition) is 6. The van der Waals surface area contributed by atoms with Gasteiger partial charge in [0, 0.05) is 49.9 Å². The third kappa shape index (κ3) is 10.6. The SMILES string of the molecule is CCC(N)(CC)C/C=C/C(=O)N(C)[C@H](Cc1ccc(-c2ccccc2)cc1)C(=O)N(C)[C@H](Cc1cccs1)C(=O)NCCC1CCCN1C. The first-order chi connectivity index (χ1) is 23.5. The molecule has 1 saturated heterocycles. The van der Waals surface area contributed by atoms with Crippen LogP contribution in [0.25, 0.3) is 11.1 Å². The molecule has 0 spiro atoms. The van der Waals surface area contributed by atoms with E-state index in [-0.39, 0.29) is 23.3 Å². The molecule has 8 nitrogen and oxygen atoms in total. The zero-order chi connectivity index (χ0) is 35.4. The van der Waals surface area contributed by atoms with Crippen LogP contribution in [0.15, 0.2) is 84.3 Å². The summed E-state index contributed by atoms with van der Waals surface area (Å²) in [6, 6.07) is 21.1. The van der Waals surface area contributed by atoms with Crippen LogP contribution in [0.3, 0.4) is 0 Å². The van der Waals surface area contributed by atoms with E-state index in [1.54, 1.807) is 30.3 Å². The molecular weight excluding hydrogens is 631 g/mol. The highest BCUT2D eigenvalue weighted by Gasteiger charge is 2.35. The number of rotatable bonds is 17. The molecule has 0 saturated carbocycles. The Hall–Kier alpha value is -3.79. The fraction of sp³-hybridized carbons (Fsp3) is 0.475. The number of thiophene rings is 1. The second-order valence-electron chi connectivity index (χ2n) is 13.5. The van der Waals surface area contributed by atoms with Gasteiger partial charge in [0.2, 0.25) is 17.7 Å². The molecule has 2 aromatic carbocycles. The Labute approximate surface area is 297 Å². The normalized spacial score (nSPS) is 16.4. The number of hydrogen-bond donors (Lipinski definition) is 2. The van der Waals surface area contributed by atoms with Crippen molar-refractivity contribution in [3.63, 3.8) is 0 Å². The van der Waals surface area contributed by atoms with Crippen LogP contribution < -0.4 is 11.1 Å². The molecule has 2 heterocycles. The Bertz CT molecular complexity index is 1500. The molecule has 9 heteroatoms. The van der Waals surface area contributed by atoms with Gasteiger partial charge in [-0.3, -0.25) is 14.4 Å². The smallest absolute Gasteiger partial charge is 0.246 e. The van der Waals surface area contributed by atoms with Gasteiger partial charge in [0.15, 0.2) is 0 Å². The first-order valence-electron chi connectivity index (χ1n) is 17.7. The number of nitrogens with two attached hydrogens (primary N) is 1. The number of benzene rings is 2. The van der Waals surface area contributed by atoms with E-state index < -0.39 is 12.1 Å². The zero-order valence-electron chi connectivity index (χ0n) is 29.9. The highest BCUT2D eigenvalue weighted by Crippen LogP contribution is 2.23. The Balaban J connectivity index is 1.57. The fourth-order valence-electron chi connectivity index (χ4n) is 6.52. The second kappa shape index (κ2) is 18.3. The van der Waals surface area contributed by atoms with Crippen LogP contribution >= 0.6 is 11.3 Å². The quantitative estimate of drug-likeness (QED) is 0.172. The summed E-state index contributed by atoms with van der Waals surface area (Å²) in [6.07, 6.45) is 9.41. The predicted molar refractivity (Wildman–Crippen MR) is 201 cm³/mol. The first kappa shape index (κ1) is 38.0. The molecule has 1 aliphatic heterocycles. The lowest BCUT2D eigenvalue weighted by Crippen LogP contribution is -2.56. The van der Waals surface area contributed by atoms with E-state index in [2.05, 4.69) is 43.2 Å². The number of amides is 3. The Morgan fingerprint density at radius 3 is 2.27 bits per heavy atom. The largest absolute Gasteiger partial charge is 0.354 e. The molecule has 1 aromatic heterocycles. The molecule has 1 aliphatic rings. The lowest BCUT2D eigenvalue weighted by atomic mass is 9.90. The molecule has 4 rings (SSSR count). The molecule has 0 bridgehead atoms. The summed E-state index contributed by atoms with van der Waals surface area (Å²) in [5.74, 6) is -0.732. The molecule has 3 atom stereocenters. The maximum absolute atomic E-state index is 14.5. The van der Waals surface area contributed by atoms with Crippen molar-refractivity contribution in [2.45, 2.75) is 88.9 Å². The lowest BCUT2D eigenvalue weighted by Gasteiger charge is -2.34. The second-order valence-corrected chi connectivity index (χ2v) is 14.5. The summed E-state index contributed by atoms with van der Waals surface area (Å²) < 4.78 is 0. The first-order valence-corrected chi connectivity index (χ1v) is 18.6. The molecule has 49 heavy (non-hydrogen) atoms. The summed E-state index contributed by atoms with van der Waals surface area (Å²) in [6.45, 7) is 5.73. The Morgan fingerprint density at radius 1 is 0.959 bits per heavy atom. The lowest BCUT2D eigenvalue weighted by molar-refractivity contribution is -0.146. The van der Waals surface area contributed by atoms with Crippen LogP contribution in [0.2, 0.25) is 0 Å². The molecule has 1 fully saturated rings. The van der Waals surface area contributed by atoms with Gasteiger partial charge in [0.25, 0.3) is 0 Å². The van der Waals surface area contributed by atoms with Crippen molar-refractivity contribution in [3.8, 4) is 11.1 Å². The van der Waals surface area contributed by atoms with Crippen LogP contribution in [0, 0.1) is 0 Å². The standard InChI is InChI=1S/C40H55N5O3S/c1-6-40(41,7-2)24-11-18-37(46)44(4)36(28-30-19-21-32(22-20-30)31-14-9-8-10-15-31)39(48)45(5)35(29-34-17-13-27-49-34)38(47)42-25-23-33-16-12-26-43(33)3/h8-11,13-15,17-22,27,33,35-36H,6-7,12,16,23-26,28-29,41H2,1-5H3,(H,42,47)/b18-11+/t33?,35-,36-/m1/s1. The molecule has 3 N–H and O–H groups in total. The summed E-state index contributed by atoms with van der Waals surface area (Å²) in [4.78, 5) is 48.3. The minimum Gasteiger partial charge on any atom is -0.354 e.